The van der Waals surface area contributed by atoms with E-state index in [0.717, 1.165) is 30.3 Å². The first-order valence-corrected chi connectivity index (χ1v) is 9.26. The van der Waals surface area contributed by atoms with Gasteiger partial charge >= 0.3 is 18.1 Å². The zero-order valence-corrected chi connectivity index (χ0v) is 16.6. The van der Waals surface area contributed by atoms with E-state index in [2.05, 4.69) is 17.2 Å². The summed E-state index contributed by atoms with van der Waals surface area (Å²) in [4.78, 5) is 34.9. The molecule has 0 aliphatic rings. The van der Waals surface area contributed by atoms with E-state index in [9.17, 15) is 32.7 Å². The summed E-state index contributed by atoms with van der Waals surface area (Å²) in [5, 5.41) is 20.8. The van der Waals surface area contributed by atoms with Gasteiger partial charge < -0.3 is 15.5 Å². The van der Waals surface area contributed by atoms with Gasteiger partial charge in [-0.05, 0) is 60.7 Å². The minimum absolute atomic E-state index is 0.188. The number of hydrogen-bond donors (Lipinski definition) is 3. The van der Waals surface area contributed by atoms with Crippen LogP contribution >= 0.6 is 0 Å². The fourth-order valence-corrected chi connectivity index (χ4v) is 2.81. The molecule has 0 radical (unpaired) electrons. The van der Waals surface area contributed by atoms with Gasteiger partial charge in [-0.15, -0.1) is 0 Å². The van der Waals surface area contributed by atoms with E-state index in [0.29, 0.717) is 11.3 Å². The number of carboxylic acids is 2. The standard InChI is InChI=1S/C24H14F3NO5/c25-24(26,27)17-3-1-2-15(12-17)5-4-14-6-9-18(10-7-14)28-21(29)19-11-8-16(22(30)31)13-20(19)23(32)33/h1-3,6-13H,(H,28,29)(H,30,31)(H,32,33). The lowest BCUT2D eigenvalue weighted by molar-refractivity contribution is -0.137. The average Bonchev–Trinajstić information content (AvgIpc) is 2.77. The highest BCUT2D eigenvalue weighted by atomic mass is 19.4. The lowest BCUT2D eigenvalue weighted by atomic mass is 10.0. The number of amides is 1. The molecular formula is C24H14F3NO5. The largest absolute Gasteiger partial charge is 0.478 e. The highest BCUT2D eigenvalue weighted by Crippen LogP contribution is 2.29. The van der Waals surface area contributed by atoms with Gasteiger partial charge in [-0.3, -0.25) is 4.79 Å². The van der Waals surface area contributed by atoms with Crippen LogP contribution in [0.3, 0.4) is 0 Å². The summed E-state index contributed by atoms with van der Waals surface area (Å²) in [6, 6.07) is 13.8. The van der Waals surface area contributed by atoms with E-state index in [4.69, 9.17) is 5.11 Å². The van der Waals surface area contributed by atoms with Crippen LogP contribution in [0.1, 0.15) is 47.8 Å². The van der Waals surface area contributed by atoms with E-state index < -0.39 is 35.1 Å². The summed E-state index contributed by atoms with van der Waals surface area (Å²) in [7, 11) is 0. The zero-order chi connectivity index (χ0) is 24.2. The molecule has 3 rings (SSSR count). The second-order valence-electron chi connectivity index (χ2n) is 6.73. The summed E-state index contributed by atoms with van der Waals surface area (Å²) < 4.78 is 38.4. The molecule has 0 spiro atoms. The van der Waals surface area contributed by atoms with Gasteiger partial charge in [0.2, 0.25) is 0 Å². The second kappa shape index (κ2) is 9.28. The molecule has 0 atom stereocenters. The van der Waals surface area contributed by atoms with Crippen molar-refractivity contribution < 1.29 is 37.8 Å². The van der Waals surface area contributed by atoms with E-state index in [1.54, 1.807) is 0 Å². The molecule has 3 aromatic carbocycles. The first-order valence-electron chi connectivity index (χ1n) is 9.26. The number of benzene rings is 3. The van der Waals surface area contributed by atoms with Crippen molar-refractivity contribution in [3.8, 4) is 11.8 Å². The Bertz CT molecular complexity index is 1300. The third kappa shape index (κ3) is 5.77. The van der Waals surface area contributed by atoms with Gasteiger partial charge in [0.1, 0.15) is 0 Å². The van der Waals surface area contributed by atoms with Crippen molar-refractivity contribution in [2.45, 2.75) is 6.18 Å². The van der Waals surface area contributed by atoms with Crippen LogP contribution in [0.4, 0.5) is 18.9 Å². The number of rotatable bonds is 4. The predicted molar refractivity (Wildman–Crippen MR) is 112 cm³/mol. The number of nitrogens with one attached hydrogen (secondary N) is 1. The topological polar surface area (TPSA) is 104 Å². The van der Waals surface area contributed by atoms with Crippen LogP contribution in [0.2, 0.25) is 0 Å². The van der Waals surface area contributed by atoms with Crippen molar-refractivity contribution in [1.82, 2.24) is 0 Å². The van der Waals surface area contributed by atoms with Crippen LogP contribution in [0.15, 0.2) is 66.7 Å². The fraction of sp³-hybridized carbons (Fsp3) is 0.0417. The smallest absolute Gasteiger partial charge is 0.416 e. The molecule has 33 heavy (non-hydrogen) atoms. The Morgan fingerprint density at radius 3 is 2.03 bits per heavy atom. The maximum Gasteiger partial charge on any atom is 0.416 e. The molecule has 0 heterocycles. The number of carboxylic acid groups (broad SMARTS) is 2. The maximum absolute atomic E-state index is 12.8. The molecule has 0 saturated heterocycles. The molecule has 166 valence electrons. The molecular weight excluding hydrogens is 439 g/mol. The Labute approximate surface area is 185 Å². The van der Waals surface area contributed by atoms with E-state index in [1.165, 1.54) is 36.4 Å². The zero-order valence-electron chi connectivity index (χ0n) is 16.6. The maximum atomic E-state index is 12.8. The number of carbonyl (C=O) groups excluding carboxylic acids is 1. The average molecular weight is 453 g/mol. The van der Waals surface area contributed by atoms with Crippen LogP contribution in [-0.4, -0.2) is 28.1 Å². The summed E-state index contributed by atoms with van der Waals surface area (Å²) in [5.74, 6) is 1.83. The number of aromatic carboxylic acids is 2. The van der Waals surface area contributed by atoms with Gasteiger partial charge in [0, 0.05) is 16.8 Å². The van der Waals surface area contributed by atoms with Crippen molar-refractivity contribution in [2.75, 3.05) is 5.32 Å². The quantitative estimate of drug-likeness (QED) is 0.495. The number of hydrogen-bond acceptors (Lipinski definition) is 3. The van der Waals surface area contributed by atoms with Gasteiger partial charge in [0.05, 0.1) is 22.3 Å². The van der Waals surface area contributed by atoms with E-state index in [1.807, 2.05) is 0 Å². The Balaban J connectivity index is 1.76. The number of alkyl halides is 3. The number of halogens is 3. The van der Waals surface area contributed by atoms with E-state index in [-0.39, 0.29) is 16.7 Å². The van der Waals surface area contributed by atoms with Gasteiger partial charge in [-0.25, -0.2) is 9.59 Å². The van der Waals surface area contributed by atoms with Crippen molar-refractivity contribution in [3.63, 3.8) is 0 Å². The van der Waals surface area contributed by atoms with Crippen LogP contribution in [0.5, 0.6) is 0 Å². The normalized spacial score (nSPS) is 10.6. The highest BCUT2D eigenvalue weighted by Gasteiger charge is 2.30. The summed E-state index contributed by atoms with van der Waals surface area (Å²) in [5.41, 5.74) is -0.784. The van der Waals surface area contributed by atoms with Gasteiger partial charge in [0.15, 0.2) is 0 Å². The minimum atomic E-state index is -4.47. The van der Waals surface area contributed by atoms with Gasteiger partial charge in [0.25, 0.3) is 5.91 Å². The molecule has 0 aliphatic heterocycles. The lowest BCUT2D eigenvalue weighted by Gasteiger charge is -2.09. The van der Waals surface area contributed by atoms with Crippen molar-refractivity contribution in [2.24, 2.45) is 0 Å². The molecule has 3 N–H and O–H groups in total. The van der Waals surface area contributed by atoms with Crippen LogP contribution < -0.4 is 5.32 Å². The predicted octanol–water partition coefficient (Wildman–Crippen LogP) is 4.75. The van der Waals surface area contributed by atoms with Crippen LogP contribution in [0.25, 0.3) is 0 Å². The third-order valence-electron chi connectivity index (χ3n) is 4.43. The van der Waals surface area contributed by atoms with E-state index >= 15 is 0 Å². The van der Waals surface area contributed by atoms with Crippen LogP contribution in [0, 0.1) is 11.8 Å². The molecule has 6 nitrogen and oxygen atoms in total. The Morgan fingerprint density at radius 2 is 1.42 bits per heavy atom. The fourth-order valence-electron chi connectivity index (χ4n) is 2.81. The Kier molecular flexibility index (Phi) is 6.49. The first-order chi connectivity index (χ1) is 15.5. The third-order valence-corrected chi connectivity index (χ3v) is 4.43. The Hall–Kier alpha value is -4.58. The van der Waals surface area contributed by atoms with Crippen LogP contribution in [-0.2, 0) is 6.18 Å². The highest BCUT2D eigenvalue weighted by molar-refractivity contribution is 6.11. The summed E-state index contributed by atoms with van der Waals surface area (Å²) in [6.07, 6.45) is -4.47. The Morgan fingerprint density at radius 1 is 0.758 bits per heavy atom. The second-order valence-corrected chi connectivity index (χ2v) is 6.73. The van der Waals surface area contributed by atoms with Gasteiger partial charge in [-0.2, -0.15) is 13.2 Å². The molecule has 3 aromatic rings. The molecule has 0 aromatic heterocycles. The molecule has 9 heteroatoms. The molecule has 1 amide bonds. The summed E-state index contributed by atoms with van der Waals surface area (Å²) >= 11 is 0. The molecule has 0 fully saturated rings. The molecule has 0 aliphatic carbocycles. The minimum Gasteiger partial charge on any atom is -0.478 e. The number of carbonyl (C=O) groups is 3. The molecule has 0 unspecified atom stereocenters. The van der Waals surface area contributed by atoms with Crippen molar-refractivity contribution >= 4 is 23.5 Å². The van der Waals surface area contributed by atoms with Crippen molar-refractivity contribution in [1.29, 1.82) is 0 Å². The van der Waals surface area contributed by atoms with Crippen molar-refractivity contribution in [3.05, 3.63) is 100 Å². The monoisotopic (exact) mass is 453 g/mol. The van der Waals surface area contributed by atoms with Gasteiger partial charge in [-0.1, -0.05) is 17.9 Å². The molecule has 0 saturated carbocycles. The first kappa shape index (κ1) is 23.1. The number of anilines is 1. The lowest BCUT2D eigenvalue weighted by Crippen LogP contribution is -2.17. The molecule has 0 bridgehead atoms. The SMILES string of the molecule is O=C(O)c1ccc(C(=O)Nc2ccc(C#Cc3cccc(C(F)(F)F)c3)cc2)c(C(=O)O)c1. The summed E-state index contributed by atoms with van der Waals surface area (Å²) in [6.45, 7) is 0.